The third-order valence-corrected chi connectivity index (χ3v) is 2.26. The molecule has 2 aromatic carbocycles. The summed E-state index contributed by atoms with van der Waals surface area (Å²) in [7, 11) is 0. The number of fused-ring (bicyclic) bond motifs is 1. The lowest BCUT2D eigenvalue weighted by Crippen LogP contribution is -1.97. The summed E-state index contributed by atoms with van der Waals surface area (Å²) in [5, 5.41) is 10.7. The first-order valence-corrected chi connectivity index (χ1v) is 5.50. The Morgan fingerprint density at radius 2 is 1.88 bits per heavy atom. The maximum absolute atomic E-state index is 9.46. The van der Waals surface area contributed by atoms with Crippen LogP contribution in [0, 0.1) is 0 Å². The zero-order valence-corrected chi connectivity index (χ0v) is 9.84. The maximum Gasteiger partial charge on any atom is 0.122 e. The van der Waals surface area contributed by atoms with Crippen LogP contribution in [0.25, 0.3) is 10.8 Å². The van der Waals surface area contributed by atoms with Crippen molar-refractivity contribution in [1.82, 2.24) is 0 Å². The second-order valence-corrected chi connectivity index (χ2v) is 3.82. The van der Waals surface area contributed by atoms with Gasteiger partial charge in [-0.25, -0.2) is 0 Å². The van der Waals surface area contributed by atoms with Gasteiger partial charge in [-0.15, -0.1) is 0 Å². The first-order valence-electron chi connectivity index (χ1n) is 5.50. The molecule has 0 radical (unpaired) electrons. The lowest BCUT2D eigenvalue weighted by Gasteiger charge is -1.98. The highest BCUT2D eigenvalue weighted by Gasteiger charge is 1.92. The molecule has 0 fully saturated rings. The highest BCUT2D eigenvalue weighted by molar-refractivity contribution is 5.92. The summed E-state index contributed by atoms with van der Waals surface area (Å²) < 4.78 is 0. The molecular weight excluding hydrogens is 214 g/mol. The summed E-state index contributed by atoms with van der Waals surface area (Å²) in [4.78, 5) is 9.46. The minimum absolute atomic E-state index is 0.250. The fourth-order valence-electron chi connectivity index (χ4n) is 1.39. The number of carbonyl (C=O) groups excluding carboxylic acids is 1. The molecule has 0 aliphatic rings. The summed E-state index contributed by atoms with van der Waals surface area (Å²) in [6.07, 6.45) is 0.479. The van der Waals surface area contributed by atoms with E-state index in [1.807, 2.05) is 30.3 Å². The molecule has 0 saturated carbocycles. The number of rotatable bonds is 2. The van der Waals surface area contributed by atoms with E-state index in [4.69, 9.17) is 10.8 Å². The monoisotopic (exact) mass is 231 g/mol. The summed E-state index contributed by atoms with van der Waals surface area (Å²) >= 11 is 0. The zero-order chi connectivity index (χ0) is 12.7. The molecule has 2 rings (SSSR count). The molecule has 3 heteroatoms. The minimum Gasteiger partial charge on any atom is -0.398 e. The van der Waals surface area contributed by atoms with Gasteiger partial charge in [-0.1, -0.05) is 36.4 Å². The smallest absolute Gasteiger partial charge is 0.122 e. The Hall–Kier alpha value is -1.87. The van der Waals surface area contributed by atoms with Crippen molar-refractivity contribution in [2.24, 2.45) is 0 Å². The maximum atomic E-state index is 9.46. The van der Waals surface area contributed by atoms with Gasteiger partial charge in [0.15, 0.2) is 0 Å². The lowest BCUT2D eigenvalue weighted by molar-refractivity contribution is -0.109. The Labute approximate surface area is 101 Å². The second-order valence-electron chi connectivity index (χ2n) is 3.82. The third-order valence-electron chi connectivity index (χ3n) is 2.26. The van der Waals surface area contributed by atoms with Crippen LogP contribution in [0.15, 0.2) is 42.5 Å². The van der Waals surface area contributed by atoms with Crippen molar-refractivity contribution in [2.45, 2.75) is 19.4 Å². The molecule has 17 heavy (non-hydrogen) atoms. The van der Waals surface area contributed by atoms with Gasteiger partial charge in [0, 0.05) is 17.5 Å². The predicted octanol–water partition coefficient (Wildman–Crippen LogP) is 2.38. The van der Waals surface area contributed by atoms with E-state index in [0.29, 0.717) is 6.29 Å². The van der Waals surface area contributed by atoms with E-state index >= 15 is 0 Å². The van der Waals surface area contributed by atoms with Crippen LogP contribution in [0.3, 0.4) is 0 Å². The number of aliphatic hydroxyl groups is 1. The number of carbonyl (C=O) groups is 1. The standard InChI is InChI=1S/C10H9N.C4H8O2/c11-10-7-3-5-8-4-1-2-6-9(8)10;1-4(6)2-3-5/h1-7H,11H2;3-4,6H,2H2,1H3. The van der Waals surface area contributed by atoms with Crippen LogP contribution in [0.2, 0.25) is 0 Å². The number of anilines is 1. The Morgan fingerprint density at radius 1 is 1.24 bits per heavy atom. The molecule has 0 saturated heterocycles. The Bertz CT molecular complexity index is 475. The fraction of sp³-hybridized carbons (Fsp3) is 0.214. The predicted molar refractivity (Wildman–Crippen MR) is 70.7 cm³/mol. The fourth-order valence-corrected chi connectivity index (χ4v) is 1.39. The lowest BCUT2D eigenvalue weighted by atomic mass is 10.1. The third kappa shape index (κ3) is 4.25. The minimum atomic E-state index is -0.470. The van der Waals surface area contributed by atoms with E-state index in [1.54, 1.807) is 6.92 Å². The Balaban J connectivity index is 0.000000209. The summed E-state index contributed by atoms with van der Waals surface area (Å²) in [6, 6.07) is 14.1. The quantitative estimate of drug-likeness (QED) is 0.616. The Morgan fingerprint density at radius 3 is 2.41 bits per heavy atom. The van der Waals surface area contributed by atoms with Gasteiger partial charge in [-0.05, 0) is 18.4 Å². The molecule has 0 amide bonds. The second kappa shape index (κ2) is 6.66. The van der Waals surface area contributed by atoms with Crippen LogP contribution < -0.4 is 5.73 Å². The number of hydrogen-bond acceptors (Lipinski definition) is 3. The van der Waals surface area contributed by atoms with Crippen molar-refractivity contribution in [3.8, 4) is 0 Å². The van der Waals surface area contributed by atoms with Gasteiger partial charge < -0.3 is 15.6 Å². The number of nitrogen functional groups attached to an aromatic ring is 1. The van der Waals surface area contributed by atoms with E-state index in [2.05, 4.69) is 12.1 Å². The van der Waals surface area contributed by atoms with Gasteiger partial charge in [-0.3, -0.25) is 0 Å². The summed E-state index contributed by atoms with van der Waals surface area (Å²) in [5.74, 6) is 0. The van der Waals surface area contributed by atoms with Gasteiger partial charge >= 0.3 is 0 Å². The van der Waals surface area contributed by atoms with Gasteiger partial charge in [0.1, 0.15) is 6.29 Å². The van der Waals surface area contributed by atoms with Crippen LogP contribution in [-0.4, -0.2) is 17.5 Å². The van der Waals surface area contributed by atoms with Crippen molar-refractivity contribution in [3.63, 3.8) is 0 Å². The molecule has 0 spiro atoms. The average Bonchev–Trinajstić information content (AvgIpc) is 2.30. The number of aldehydes is 1. The first kappa shape index (κ1) is 13.2. The first-order chi connectivity index (χ1) is 8.15. The molecule has 3 nitrogen and oxygen atoms in total. The molecule has 1 atom stereocenters. The highest BCUT2D eigenvalue weighted by Crippen LogP contribution is 2.19. The largest absolute Gasteiger partial charge is 0.398 e. The number of hydrogen-bond donors (Lipinski definition) is 2. The van der Waals surface area contributed by atoms with Crippen LogP contribution >= 0.6 is 0 Å². The molecule has 0 aromatic heterocycles. The molecule has 1 unspecified atom stereocenters. The van der Waals surface area contributed by atoms with Crippen molar-refractivity contribution >= 4 is 22.7 Å². The van der Waals surface area contributed by atoms with Gasteiger partial charge in [0.25, 0.3) is 0 Å². The molecule has 90 valence electrons. The van der Waals surface area contributed by atoms with Crippen LogP contribution in [0.1, 0.15) is 13.3 Å². The van der Waals surface area contributed by atoms with Gasteiger partial charge in [0.2, 0.25) is 0 Å². The van der Waals surface area contributed by atoms with E-state index in [1.165, 1.54) is 5.39 Å². The number of aliphatic hydroxyl groups excluding tert-OH is 1. The summed E-state index contributed by atoms with van der Waals surface area (Å²) in [6.45, 7) is 1.58. The topological polar surface area (TPSA) is 63.3 Å². The number of benzene rings is 2. The van der Waals surface area contributed by atoms with E-state index in [-0.39, 0.29) is 6.42 Å². The van der Waals surface area contributed by atoms with Crippen molar-refractivity contribution in [3.05, 3.63) is 42.5 Å². The molecule has 0 heterocycles. The van der Waals surface area contributed by atoms with E-state index < -0.39 is 6.10 Å². The van der Waals surface area contributed by atoms with Crippen molar-refractivity contribution < 1.29 is 9.90 Å². The molecular formula is C14H17NO2. The van der Waals surface area contributed by atoms with E-state index in [9.17, 15) is 4.79 Å². The van der Waals surface area contributed by atoms with Crippen molar-refractivity contribution in [2.75, 3.05) is 5.73 Å². The van der Waals surface area contributed by atoms with Crippen LogP contribution in [-0.2, 0) is 4.79 Å². The highest BCUT2D eigenvalue weighted by atomic mass is 16.3. The average molecular weight is 231 g/mol. The molecule has 0 aliphatic carbocycles. The van der Waals surface area contributed by atoms with Gasteiger partial charge in [0.05, 0.1) is 6.10 Å². The SMILES string of the molecule is CC(O)CC=O.Nc1cccc2ccccc12. The number of nitrogens with two attached hydrogens (primary N) is 1. The van der Waals surface area contributed by atoms with Gasteiger partial charge in [-0.2, -0.15) is 0 Å². The molecule has 0 aliphatic heterocycles. The summed E-state index contributed by atoms with van der Waals surface area (Å²) in [5.41, 5.74) is 6.61. The molecule has 2 aromatic rings. The Kier molecular flexibility index (Phi) is 5.17. The normalized spacial score (nSPS) is 11.4. The van der Waals surface area contributed by atoms with Crippen LogP contribution in [0.5, 0.6) is 0 Å². The van der Waals surface area contributed by atoms with Crippen LogP contribution in [0.4, 0.5) is 5.69 Å². The van der Waals surface area contributed by atoms with Crippen molar-refractivity contribution in [1.29, 1.82) is 0 Å². The zero-order valence-electron chi connectivity index (χ0n) is 9.84. The molecule has 3 N–H and O–H groups in total. The van der Waals surface area contributed by atoms with E-state index in [0.717, 1.165) is 11.1 Å². The molecule has 0 bridgehead atoms.